The van der Waals surface area contributed by atoms with Gasteiger partial charge in [-0.25, -0.2) is 4.98 Å². The zero-order chi connectivity index (χ0) is 23.4. The quantitative estimate of drug-likeness (QED) is 0.559. The van der Waals surface area contributed by atoms with Crippen molar-refractivity contribution in [2.45, 2.75) is 45.6 Å². The molecule has 0 spiro atoms. The molecule has 4 rings (SSSR count). The Morgan fingerprint density at radius 2 is 1.76 bits per heavy atom. The lowest BCUT2D eigenvalue weighted by Gasteiger charge is -2.28. The summed E-state index contributed by atoms with van der Waals surface area (Å²) in [6, 6.07) is 11.5. The fourth-order valence-corrected chi connectivity index (χ4v) is 4.11. The van der Waals surface area contributed by atoms with Crippen molar-refractivity contribution in [3.63, 3.8) is 0 Å². The minimum absolute atomic E-state index is 0.0106. The van der Waals surface area contributed by atoms with Crippen LogP contribution in [0, 0.1) is 6.92 Å². The Morgan fingerprint density at radius 3 is 2.45 bits per heavy atom. The number of ketones is 1. The van der Waals surface area contributed by atoms with Crippen LogP contribution in [0.2, 0.25) is 0 Å². The zero-order valence-electron chi connectivity index (χ0n) is 19.1. The number of carbonyl (C=O) groups is 2. The summed E-state index contributed by atoms with van der Waals surface area (Å²) in [6.07, 6.45) is 5.93. The molecule has 0 bridgehead atoms. The molecule has 0 saturated heterocycles. The highest BCUT2D eigenvalue weighted by atomic mass is 16.2. The van der Waals surface area contributed by atoms with E-state index in [0.717, 1.165) is 22.4 Å². The van der Waals surface area contributed by atoms with Crippen LogP contribution in [0.3, 0.4) is 0 Å². The number of aromatic nitrogens is 3. The predicted molar refractivity (Wildman–Crippen MR) is 125 cm³/mol. The van der Waals surface area contributed by atoms with Gasteiger partial charge in [0, 0.05) is 45.2 Å². The second-order valence-corrected chi connectivity index (χ2v) is 8.58. The number of aryl methyl sites for hydroxylation is 2. The Labute approximate surface area is 193 Å². The predicted octanol–water partition coefficient (Wildman–Crippen LogP) is 2.36. The highest BCUT2D eigenvalue weighted by Gasteiger charge is 2.25. The summed E-state index contributed by atoms with van der Waals surface area (Å²) in [4.78, 5) is 48.1. The van der Waals surface area contributed by atoms with E-state index in [0.29, 0.717) is 50.2 Å². The second-order valence-electron chi connectivity index (χ2n) is 8.58. The van der Waals surface area contributed by atoms with Crippen LogP contribution in [0.25, 0.3) is 0 Å². The highest BCUT2D eigenvalue weighted by molar-refractivity contribution is 5.81. The van der Waals surface area contributed by atoms with E-state index in [1.165, 1.54) is 4.57 Å². The summed E-state index contributed by atoms with van der Waals surface area (Å²) in [7, 11) is 1.71. The Bertz CT molecular complexity index is 1220. The van der Waals surface area contributed by atoms with E-state index in [2.05, 4.69) is 9.97 Å². The van der Waals surface area contributed by atoms with Crippen LogP contribution in [0.15, 0.2) is 53.6 Å². The van der Waals surface area contributed by atoms with Crippen LogP contribution < -0.4 is 5.56 Å². The largest absolute Gasteiger partial charge is 0.337 e. The number of nitrogens with zero attached hydrogens (tertiary/aromatic N) is 4. The van der Waals surface area contributed by atoms with Gasteiger partial charge in [-0.1, -0.05) is 30.3 Å². The van der Waals surface area contributed by atoms with Crippen molar-refractivity contribution < 1.29 is 9.59 Å². The Balaban J connectivity index is 1.32. The summed E-state index contributed by atoms with van der Waals surface area (Å²) >= 11 is 0. The molecule has 1 aliphatic heterocycles. The Morgan fingerprint density at radius 1 is 1.03 bits per heavy atom. The average Bonchev–Trinajstić information content (AvgIpc) is 2.83. The maximum absolute atomic E-state index is 12.9. The number of hydrogen-bond acceptors (Lipinski definition) is 5. The first-order chi connectivity index (χ1) is 15.9. The summed E-state index contributed by atoms with van der Waals surface area (Å²) < 4.78 is 1.53. The summed E-state index contributed by atoms with van der Waals surface area (Å²) in [5, 5.41) is 0. The van der Waals surface area contributed by atoms with Gasteiger partial charge in [-0.2, -0.15) is 0 Å². The van der Waals surface area contributed by atoms with Gasteiger partial charge >= 0.3 is 0 Å². The maximum Gasteiger partial charge on any atom is 0.258 e. The number of pyridine rings is 1. The number of carbonyl (C=O) groups excluding carboxylic acids is 2. The lowest BCUT2D eigenvalue weighted by atomic mass is 10.0. The minimum atomic E-state index is -0.0763. The molecule has 2 aromatic heterocycles. The molecule has 170 valence electrons. The van der Waals surface area contributed by atoms with Crippen LogP contribution in [-0.2, 0) is 48.9 Å². The van der Waals surface area contributed by atoms with Gasteiger partial charge in [0.1, 0.15) is 11.6 Å². The van der Waals surface area contributed by atoms with Gasteiger partial charge in [0.05, 0.1) is 24.2 Å². The number of Topliss-reactive ketones (excluding diaryl/α,β-unsaturated/α-hetero) is 1. The van der Waals surface area contributed by atoms with Crippen LogP contribution >= 0.6 is 0 Å². The standard InChI is InChI=1S/C26H28N4O3/c1-18-28-24-11-13-30(17-23(24)26(33)29(18)2)25(32)15-20-7-5-19(6-8-20)14-22(31)10-9-21-4-3-12-27-16-21/h3-8,12,16H,9-11,13-15,17H2,1-2H3. The second kappa shape index (κ2) is 9.90. The molecule has 7 nitrogen and oxygen atoms in total. The van der Waals surface area contributed by atoms with Gasteiger partial charge < -0.3 is 4.90 Å². The van der Waals surface area contributed by atoms with Gasteiger partial charge in [-0.3, -0.25) is 23.9 Å². The smallest absolute Gasteiger partial charge is 0.258 e. The lowest BCUT2D eigenvalue weighted by molar-refractivity contribution is -0.131. The third kappa shape index (κ3) is 5.42. The molecular formula is C26H28N4O3. The molecule has 0 fully saturated rings. The Kier molecular flexibility index (Phi) is 6.77. The highest BCUT2D eigenvalue weighted by Crippen LogP contribution is 2.16. The van der Waals surface area contributed by atoms with Gasteiger partial charge in [0.25, 0.3) is 5.56 Å². The van der Waals surface area contributed by atoms with E-state index < -0.39 is 0 Å². The van der Waals surface area contributed by atoms with E-state index in [-0.39, 0.29) is 23.7 Å². The monoisotopic (exact) mass is 444 g/mol. The van der Waals surface area contributed by atoms with Gasteiger partial charge in [0.2, 0.25) is 5.91 Å². The molecule has 0 aliphatic carbocycles. The average molecular weight is 445 g/mol. The molecular weight excluding hydrogens is 416 g/mol. The Hall–Kier alpha value is -3.61. The summed E-state index contributed by atoms with van der Waals surface area (Å²) in [6.45, 7) is 2.68. The lowest BCUT2D eigenvalue weighted by Crippen LogP contribution is -2.41. The van der Waals surface area contributed by atoms with Crippen molar-refractivity contribution in [2.75, 3.05) is 6.54 Å². The third-order valence-electron chi connectivity index (χ3n) is 6.21. The van der Waals surface area contributed by atoms with Gasteiger partial charge in [-0.05, 0) is 36.1 Å². The molecule has 1 aromatic carbocycles. The van der Waals surface area contributed by atoms with Crippen LogP contribution in [0.1, 0.15) is 40.2 Å². The molecule has 1 aliphatic rings. The number of fused-ring (bicyclic) bond motifs is 1. The first-order valence-corrected chi connectivity index (χ1v) is 11.2. The van der Waals surface area contributed by atoms with Crippen molar-refractivity contribution >= 4 is 11.7 Å². The minimum Gasteiger partial charge on any atom is -0.337 e. The molecule has 0 radical (unpaired) electrons. The fraction of sp³-hybridized carbons (Fsp3) is 0.346. The molecule has 3 aromatic rings. The first-order valence-electron chi connectivity index (χ1n) is 11.2. The molecule has 1 amide bonds. The molecule has 3 heterocycles. The van der Waals surface area contributed by atoms with Crippen molar-refractivity contribution in [3.05, 3.63) is 92.9 Å². The van der Waals surface area contributed by atoms with E-state index in [1.807, 2.05) is 43.3 Å². The van der Waals surface area contributed by atoms with Gasteiger partial charge in [-0.15, -0.1) is 0 Å². The van der Waals surface area contributed by atoms with E-state index in [9.17, 15) is 14.4 Å². The first kappa shape index (κ1) is 22.6. The van der Waals surface area contributed by atoms with E-state index in [1.54, 1.807) is 24.3 Å². The molecule has 0 N–H and O–H groups in total. The number of hydrogen-bond donors (Lipinski definition) is 0. The van der Waals surface area contributed by atoms with Crippen molar-refractivity contribution in [3.8, 4) is 0 Å². The van der Waals surface area contributed by atoms with Crippen molar-refractivity contribution in [1.29, 1.82) is 0 Å². The normalized spacial score (nSPS) is 13.0. The summed E-state index contributed by atoms with van der Waals surface area (Å²) in [5.74, 6) is 0.859. The van der Waals surface area contributed by atoms with Gasteiger partial charge in [0.15, 0.2) is 0 Å². The molecule has 0 unspecified atom stereocenters. The van der Waals surface area contributed by atoms with Crippen molar-refractivity contribution in [1.82, 2.24) is 19.4 Å². The summed E-state index contributed by atoms with van der Waals surface area (Å²) in [5.41, 5.74) is 4.24. The van der Waals surface area contributed by atoms with E-state index >= 15 is 0 Å². The SMILES string of the molecule is Cc1nc2c(c(=O)n1C)CN(C(=O)Cc1ccc(CC(=O)CCc3cccnc3)cc1)CC2. The third-order valence-corrected chi connectivity index (χ3v) is 6.21. The number of rotatable bonds is 7. The zero-order valence-corrected chi connectivity index (χ0v) is 19.1. The molecule has 7 heteroatoms. The van der Waals surface area contributed by atoms with E-state index in [4.69, 9.17) is 0 Å². The number of amides is 1. The van der Waals surface area contributed by atoms with Crippen molar-refractivity contribution in [2.24, 2.45) is 7.05 Å². The molecule has 0 saturated carbocycles. The maximum atomic E-state index is 12.9. The fourth-order valence-electron chi connectivity index (χ4n) is 4.11. The van der Waals surface area contributed by atoms with Crippen LogP contribution in [0.5, 0.6) is 0 Å². The topological polar surface area (TPSA) is 85.2 Å². The van der Waals surface area contributed by atoms with Crippen LogP contribution in [0.4, 0.5) is 0 Å². The molecule has 0 atom stereocenters. The number of benzene rings is 1. The molecule has 33 heavy (non-hydrogen) atoms. The van der Waals surface area contributed by atoms with Crippen LogP contribution in [-0.4, -0.2) is 37.7 Å².